The van der Waals surface area contributed by atoms with Crippen molar-refractivity contribution in [2.75, 3.05) is 37.6 Å². The van der Waals surface area contributed by atoms with Crippen LogP contribution in [0, 0.1) is 5.82 Å². The quantitative estimate of drug-likeness (QED) is 0.514. The molecule has 1 aliphatic heterocycles. The number of nitrogens with zero attached hydrogens (tertiary/aromatic N) is 2. The molecule has 1 saturated heterocycles. The van der Waals surface area contributed by atoms with Gasteiger partial charge in [0.25, 0.3) is 0 Å². The summed E-state index contributed by atoms with van der Waals surface area (Å²) in [6, 6.07) is 9.09. The first kappa shape index (κ1) is 20.6. The topological polar surface area (TPSA) is 23.6 Å². The average Bonchev–Trinajstić information content (AvgIpc) is 2.68. The number of hydrogen-bond donors (Lipinski definition) is 0. The number of benzene rings is 2. The van der Waals surface area contributed by atoms with Crippen LogP contribution in [-0.2, 0) is 6.18 Å². The van der Waals surface area contributed by atoms with Crippen molar-refractivity contribution in [2.45, 2.75) is 12.6 Å². The maximum Gasteiger partial charge on any atom is 0.416 e. The summed E-state index contributed by atoms with van der Waals surface area (Å²) >= 11 is 5.71. The number of halogens is 5. The fraction of sp³-hybridized carbons (Fsp3) is 0.350. The van der Waals surface area contributed by atoms with Gasteiger partial charge in [-0.3, -0.25) is 9.69 Å². The fourth-order valence-electron chi connectivity index (χ4n) is 3.16. The zero-order valence-corrected chi connectivity index (χ0v) is 15.7. The van der Waals surface area contributed by atoms with Gasteiger partial charge >= 0.3 is 6.18 Å². The summed E-state index contributed by atoms with van der Waals surface area (Å²) in [7, 11) is 0. The van der Waals surface area contributed by atoms with Crippen LogP contribution in [0.4, 0.5) is 23.2 Å². The number of hydrogen-bond acceptors (Lipinski definition) is 3. The Bertz CT molecular complexity index is 831. The van der Waals surface area contributed by atoms with E-state index in [1.807, 2.05) is 4.90 Å². The smallest absolute Gasteiger partial charge is 0.369 e. The third kappa shape index (κ3) is 5.02. The molecular formula is C20H19ClF4N2O. The van der Waals surface area contributed by atoms with E-state index in [4.69, 9.17) is 11.6 Å². The summed E-state index contributed by atoms with van der Waals surface area (Å²) in [6.07, 6.45) is -4.04. The first-order valence-corrected chi connectivity index (χ1v) is 9.24. The van der Waals surface area contributed by atoms with Crippen LogP contribution < -0.4 is 4.90 Å². The summed E-state index contributed by atoms with van der Waals surface area (Å²) in [5, 5.41) is -0.0731. The largest absolute Gasteiger partial charge is 0.416 e. The minimum atomic E-state index is -4.33. The molecule has 1 heterocycles. The van der Waals surface area contributed by atoms with E-state index in [0.717, 1.165) is 17.8 Å². The van der Waals surface area contributed by atoms with E-state index in [-0.39, 0.29) is 10.8 Å². The first-order valence-electron chi connectivity index (χ1n) is 8.87. The summed E-state index contributed by atoms with van der Waals surface area (Å²) < 4.78 is 51.1. The van der Waals surface area contributed by atoms with Crippen molar-refractivity contribution in [1.82, 2.24) is 4.90 Å². The lowest BCUT2D eigenvalue weighted by atomic mass is 10.1. The Hall–Kier alpha value is -2.12. The van der Waals surface area contributed by atoms with Crippen LogP contribution in [0.2, 0.25) is 5.02 Å². The molecule has 1 fully saturated rings. The van der Waals surface area contributed by atoms with E-state index in [9.17, 15) is 22.4 Å². The highest BCUT2D eigenvalue weighted by Gasteiger charge is 2.30. The monoisotopic (exact) mass is 414 g/mol. The average molecular weight is 415 g/mol. The Morgan fingerprint density at radius 2 is 1.64 bits per heavy atom. The summed E-state index contributed by atoms with van der Waals surface area (Å²) in [5.74, 6) is -0.662. The molecule has 0 bridgehead atoms. The highest BCUT2D eigenvalue weighted by molar-refractivity contribution is 6.31. The summed E-state index contributed by atoms with van der Waals surface area (Å²) in [5.41, 5.74) is 0.480. The SMILES string of the molecule is O=C(CCN1CCN(c2ccc(C(F)(F)F)cc2)CC1)c1ccc(F)c(Cl)c1. The standard InChI is InChI=1S/C20H19ClF4N2O/c21-17-13-14(1-6-18(17)22)19(28)7-8-26-9-11-27(12-10-26)16-4-2-15(3-5-16)20(23,24)25/h1-6,13H,7-12H2. The van der Waals surface area contributed by atoms with Gasteiger partial charge in [0.05, 0.1) is 10.6 Å². The minimum absolute atomic E-state index is 0.0731. The van der Waals surface area contributed by atoms with Gasteiger partial charge in [-0.05, 0) is 42.5 Å². The van der Waals surface area contributed by atoms with E-state index in [1.54, 1.807) is 0 Å². The maximum absolute atomic E-state index is 13.2. The van der Waals surface area contributed by atoms with Gasteiger partial charge in [-0.2, -0.15) is 13.2 Å². The highest BCUT2D eigenvalue weighted by Crippen LogP contribution is 2.30. The lowest BCUT2D eigenvalue weighted by molar-refractivity contribution is -0.137. The molecule has 0 N–H and O–H groups in total. The predicted molar refractivity (Wildman–Crippen MR) is 100 cm³/mol. The van der Waals surface area contributed by atoms with Gasteiger partial charge in [-0.15, -0.1) is 0 Å². The van der Waals surface area contributed by atoms with Crippen LogP contribution in [0.3, 0.4) is 0 Å². The second-order valence-electron chi connectivity index (χ2n) is 6.68. The molecule has 0 saturated carbocycles. The second-order valence-corrected chi connectivity index (χ2v) is 7.08. The molecule has 0 spiro atoms. The van der Waals surface area contributed by atoms with Crippen LogP contribution in [0.15, 0.2) is 42.5 Å². The Balaban J connectivity index is 1.49. The van der Waals surface area contributed by atoms with Gasteiger partial charge in [-0.1, -0.05) is 11.6 Å². The molecular weight excluding hydrogens is 396 g/mol. The Kier molecular flexibility index (Phi) is 6.25. The van der Waals surface area contributed by atoms with E-state index in [2.05, 4.69) is 4.90 Å². The fourth-order valence-corrected chi connectivity index (χ4v) is 3.35. The van der Waals surface area contributed by atoms with E-state index < -0.39 is 17.6 Å². The number of alkyl halides is 3. The van der Waals surface area contributed by atoms with Crippen LogP contribution in [-0.4, -0.2) is 43.4 Å². The van der Waals surface area contributed by atoms with Crippen molar-refractivity contribution < 1.29 is 22.4 Å². The van der Waals surface area contributed by atoms with Crippen molar-refractivity contribution in [3.05, 3.63) is 64.4 Å². The molecule has 0 aliphatic carbocycles. The number of carbonyl (C=O) groups excluding carboxylic acids is 1. The normalized spacial score (nSPS) is 15.7. The molecule has 0 atom stereocenters. The molecule has 8 heteroatoms. The molecule has 28 heavy (non-hydrogen) atoms. The van der Waals surface area contributed by atoms with Crippen molar-refractivity contribution in [1.29, 1.82) is 0 Å². The number of rotatable bonds is 5. The van der Waals surface area contributed by atoms with Crippen LogP contribution in [0.5, 0.6) is 0 Å². The van der Waals surface area contributed by atoms with Gasteiger partial charge < -0.3 is 4.90 Å². The van der Waals surface area contributed by atoms with Gasteiger partial charge in [0.2, 0.25) is 0 Å². The summed E-state index contributed by atoms with van der Waals surface area (Å²) in [6.45, 7) is 3.31. The third-order valence-electron chi connectivity index (χ3n) is 4.83. The summed E-state index contributed by atoms with van der Waals surface area (Å²) in [4.78, 5) is 16.4. The van der Waals surface area contributed by atoms with E-state index in [0.29, 0.717) is 44.7 Å². The Labute approximate surface area is 165 Å². The van der Waals surface area contributed by atoms with Gasteiger partial charge in [0.15, 0.2) is 5.78 Å². The van der Waals surface area contributed by atoms with Crippen molar-refractivity contribution in [2.24, 2.45) is 0 Å². The molecule has 0 unspecified atom stereocenters. The predicted octanol–water partition coefficient (Wildman–Crippen LogP) is 4.89. The zero-order chi connectivity index (χ0) is 20.3. The number of ketones is 1. The second kappa shape index (κ2) is 8.49. The Morgan fingerprint density at radius 1 is 1.00 bits per heavy atom. The number of carbonyl (C=O) groups is 1. The van der Waals surface area contributed by atoms with E-state index in [1.165, 1.54) is 30.3 Å². The molecule has 1 aliphatic rings. The minimum Gasteiger partial charge on any atom is -0.369 e. The first-order chi connectivity index (χ1) is 13.2. The number of anilines is 1. The molecule has 0 amide bonds. The molecule has 150 valence electrons. The van der Waals surface area contributed by atoms with Crippen LogP contribution in [0.25, 0.3) is 0 Å². The highest BCUT2D eigenvalue weighted by atomic mass is 35.5. The molecule has 3 nitrogen and oxygen atoms in total. The van der Waals surface area contributed by atoms with Gasteiger partial charge in [-0.25, -0.2) is 4.39 Å². The van der Waals surface area contributed by atoms with Crippen LogP contribution in [0.1, 0.15) is 22.3 Å². The molecule has 0 aromatic heterocycles. The lowest BCUT2D eigenvalue weighted by Crippen LogP contribution is -2.46. The van der Waals surface area contributed by atoms with Gasteiger partial charge in [0, 0.05) is 50.4 Å². The zero-order valence-electron chi connectivity index (χ0n) is 15.0. The van der Waals surface area contributed by atoms with Crippen molar-refractivity contribution in [3.8, 4) is 0 Å². The Morgan fingerprint density at radius 3 is 2.21 bits per heavy atom. The number of piperazine rings is 1. The number of Topliss-reactive ketones (excluding diaryl/α,β-unsaturated/α-hetero) is 1. The maximum atomic E-state index is 13.2. The molecule has 2 aromatic carbocycles. The van der Waals surface area contributed by atoms with E-state index >= 15 is 0 Å². The molecule has 3 rings (SSSR count). The lowest BCUT2D eigenvalue weighted by Gasteiger charge is -2.36. The molecule has 2 aromatic rings. The van der Waals surface area contributed by atoms with Crippen molar-refractivity contribution >= 4 is 23.1 Å². The molecule has 0 radical (unpaired) electrons. The van der Waals surface area contributed by atoms with Crippen molar-refractivity contribution in [3.63, 3.8) is 0 Å². The third-order valence-corrected chi connectivity index (χ3v) is 5.12. The van der Waals surface area contributed by atoms with Crippen LogP contribution >= 0.6 is 11.6 Å². The van der Waals surface area contributed by atoms with Gasteiger partial charge in [0.1, 0.15) is 5.82 Å².